The highest BCUT2D eigenvalue weighted by molar-refractivity contribution is 14.1. The summed E-state index contributed by atoms with van der Waals surface area (Å²) >= 11 is 5.03. The molecule has 0 heterocycles. The molecule has 0 saturated carbocycles. The van der Waals surface area contributed by atoms with Gasteiger partial charge in [0.1, 0.15) is 3.42 Å². The number of carbonyl (C=O) groups is 2. The van der Waals surface area contributed by atoms with E-state index in [1.165, 1.54) is 6.92 Å². The van der Waals surface area contributed by atoms with Gasteiger partial charge in [-0.2, -0.15) is 0 Å². The van der Waals surface area contributed by atoms with E-state index in [9.17, 15) is 9.59 Å². The first-order valence-electron chi connectivity index (χ1n) is 4.22. The van der Waals surface area contributed by atoms with Crippen LogP contribution in [0.2, 0.25) is 0 Å². The first-order chi connectivity index (χ1) is 6.69. The van der Waals surface area contributed by atoms with Crippen LogP contribution < -0.4 is 0 Å². The van der Waals surface area contributed by atoms with Crippen molar-refractivity contribution in [1.82, 2.24) is 0 Å². The number of carboxylic acid groups (broad SMARTS) is 2. The number of aliphatic carboxylic acids is 2. The minimum absolute atomic E-state index is 0.0975. The highest BCUT2D eigenvalue weighted by Crippen LogP contribution is 2.46. The predicted molar refractivity (Wildman–Crippen MR) is 66.4 cm³/mol. The summed E-state index contributed by atoms with van der Waals surface area (Å²) in [7, 11) is 0. The third kappa shape index (κ3) is 2.52. The summed E-state index contributed by atoms with van der Waals surface area (Å²) in [6, 6.07) is 0. The second-order valence-corrected chi connectivity index (χ2v) is 7.02. The number of allylic oxidation sites excluding steroid dienone is 1. The lowest BCUT2D eigenvalue weighted by atomic mass is 9.75. The fourth-order valence-electron chi connectivity index (χ4n) is 1.65. The maximum atomic E-state index is 11.1. The van der Waals surface area contributed by atoms with Crippen molar-refractivity contribution in [2.75, 3.05) is 0 Å². The van der Waals surface area contributed by atoms with Gasteiger partial charge in [-0.1, -0.05) is 44.6 Å². The van der Waals surface area contributed by atoms with Gasteiger partial charge in [0.15, 0.2) is 0 Å². The Kier molecular flexibility index (Phi) is 3.49. The molecule has 2 N–H and O–H groups in total. The standard InChI is InChI=1S/C9H10BrIO4/c1-8(6(12)13)2-5(10)3-9(11,4-8)7(14)15/h2H,3-4H2,1H3,(H,12,13)(H,14,15). The van der Waals surface area contributed by atoms with Gasteiger partial charge < -0.3 is 10.2 Å². The number of hydrogen-bond acceptors (Lipinski definition) is 2. The van der Waals surface area contributed by atoms with Crippen LogP contribution in [-0.2, 0) is 9.59 Å². The highest BCUT2D eigenvalue weighted by atomic mass is 127. The number of carboxylic acids is 2. The van der Waals surface area contributed by atoms with Crippen molar-refractivity contribution in [3.8, 4) is 0 Å². The van der Waals surface area contributed by atoms with Crippen LogP contribution in [0, 0.1) is 5.41 Å². The van der Waals surface area contributed by atoms with E-state index >= 15 is 0 Å². The zero-order chi connectivity index (χ0) is 11.9. The van der Waals surface area contributed by atoms with Crippen LogP contribution in [0.25, 0.3) is 0 Å². The van der Waals surface area contributed by atoms with Crippen LogP contribution in [0.3, 0.4) is 0 Å². The van der Waals surface area contributed by atoms with Gasteiger partial charge in [0.05, 0.1) is 5.41 Å². The molecule has 0 fully saturated rings. The Hall–Kier alpha value is -0.110. The summed E-state index contributed by atoms with van der Waals surface area (Å²) in [6.07, 6.45) is 2.00. The molecule has 15 heavy (non-hydrogen) atoms. The van der Waals surface area contributed by atoms with E-state index in [0.29, 0.717) is 10.9 Å². The lowest BCUT2D eigenvalue weighted by Gasteiger charge is -2.35. The average molecular weight is 389 g/mol. The lowest BCUT2D eigenvalue weighted by Crippen LogP contribution is -2.43. The highest BCUT2D eigenvalue weighted by Gasteiger charge is 2.48. The molecule has 0 saturated heterocycles. The first-order valence-corrected chi connectivity index (χ1v) is 6.10. The second-order valence-electron chi connectivity index (χ2n) is 3.94. The van der Waals surface area contributed by atoms with Crippen molar-refractivity contribution < 1.29 is 19.8 Å². The van der Waals surface area contributed by atoms with Crippen LogP contribution in [0.1, 0.15) is 19.8 Å². The van der Waals surface area contributed by atoms with Crippen LogP contribution >= 0.6 is 38.5 Å². The average Bonchev–Trinajstić information content (AvgIpc) is 2.00. The van der Waals surface area contributed by atoms with Gasteiger partial charge in [0, 0.05) is 6.42 Å². The Balaban J connectivity index is 3.14. The SMILES string of the molecule is CC1(C(=O)O)C=C(Br)CC(I)(C(=O)O)C1. The smallest absolute Gasteiger partial charge is 0.320 e. The van der Waals surface area contributed by atoms with Gasteiger partial charge in [0.2, 0.25) is 0 Å². The Morgan fingerprint density at radius 2 is 2.00 bits per heavy atom. The maximum Gasteiger partial charge on any atom is 0.320 e. The molecule has 0 aromatic heterocycles. The molecule has 0 aromatic carbocycles. The fraction of sp³-hybridized carbons (Fsp3) is 0.556. The Morgan fingerprint density at radius 1 is 1.47 bits per heavy atom. The second kappa shape index (κ2) is 4.04. The summed E-state index contributed by atoms with van der Waals surface area (Å²) in [5.74, 6) is -1.97. The van der Waals surface area contributed by atoms with Crippen molar-refractivity contribution in [2.24, 2.45) is 5.41 Å². The molecular formula is C9H10BrIO4. The van der Waals surface area contributed by atoms with E-state index in [1.807, 2.05) is 22.6 Å². The Labute approximate surface area is 109 Å². The largest absolute Gasteiger partial charge is 0.481 e. The molecule has 0 aromatic rings. The normalized spacial score (nSPS) is 35.8. The summed E-state index contributed by atoms with van der Waals surface area (Å²) < 4.78 is -0.408. The minimum Gasteiger partial charge on any atom is -0.481 e. The van der Waals surface area contributed by atoms with Gasteiger partial charge in [-0.15, -0.1) is 0 Å². The number of alkyl halides is 1. The van der Waals surface area contributed by atoms with Crippen LogP contribution in [0.15, 0.2) is 10.6 Å². The van der Waals surface area contributed by atoms with E-state index in [4.69, 9.17) is 10.2 Å². The molecule has 0 spiro atoms. The van der Waals surface area contributed by atoms with Crippen molar-refractivity contribution >= 4 is 50.5 Å². The molecule has 4 nitrogen and oxygen atoms in total. The van der Waals surface area contributed by atoms with Crippen LogP contribution in [0.5, 0.6) is 0 Å². The molecule has 0 bridgehead atoms. The van der Waals surface area contributed by atoms with Crippen LogP contribution in [-0.4, -0.2) is 25.6 Å². The molecule has 0 radical (unpaired) electrons. The molecule has 2 atom stereocenters. The molecular weight excluding hydrogens is 379 g/mol. The van der Waals surface area contributed by atoms with Gasteiger partial charge >= 0.3 is 11.9 Å². The summed E-state index contributed by atoms with van der Waals surface area (Å²) in [5.41, 5.74) is -1.11. The lowest BCUT2D eigenvalue weighted by molar-refractivity contribution is -0.147. The van der Waals surface area contributed by atoms with E-state index in [1.54, 1.807) is 6.08 Å². The Bertz CT molecular complexity index is 354. The summed E-state index contributed by atoms with van der Waals surface area (Å²) in [6.45, 7) is 1.53. The van der Waals surface area contributed by atoms with E-state index in [2.05, 4.69) is 15.9 Å². The van der Waals surface area contributed by atoms with Gasteiger partial charge in [-0.25, -0.2) is 0 Å². The monoisotopic (exact) mass is 388 g/mol. The zero-order valence-electron chi connectivity index (χ0n) is 7.96. The van der Waals surface area contributed by atoms with Crippen LogP contribution in [0.4, 0.5) is 0 Å². The van der Waals surface area contributed by atoms with Crippen molar-refractivity contribution in [3.05, 3.63) is 10.6 Å². The minimum atomic E-state index is -1.11. The first kappa shape index (κ1) is 13.0. The maximum absolute atomic E-state index is 11.1. The van der Waals surface area contributed by atoms with Crippen molar-refractivity contribution in [3.63, 3.8) is 0 Å². The van der Waals surface area contributed by atoms with Crippen molar-refractivity contribution in [2.45, 2.75) is 23.2 Å². The number of rotatable bonds is 2. The molecule has 0 amide bonds. The third-order valence-electron chi connectivity index (χ3n) is 2.44. The third-order valence-corrected chi connectivity index (χ3v) is 4.18. The predicted octanol–water partition coefficient (Wildman–Crippen LogP) is 2.41. The quantitative estimate of drug-likeness (QED) is 0.562. The molecule has 84 valence electrons. The van der Waals surface area contributed by atoms with Gasteiger partial charge in [0.25, 0.3) is 0 Å². The van der Waals surface area contributed by atoms with E-state index in [-0.39, 0.29) is 6.42 Å². The fourth-order valence-corrected chi connectivity index (χ4v) is 4.36. The zero-order valence-corrected chi connectivity index (χ0v) is 11.7. The van der Waals surface area contributed by atoms with Gasteiger partial charge in [-0.3, -0.25) is 9.59 Å². The molecule has 1 aliphatic carbocycles. The molecule has 1 aliphatic rings. The van der Waals surface area contributed by atoms with Gasteiger partial charge in [-0.05, 0) is 17.8 Å². The number of hydrogen-bond donors (Lipinski definition) is 2. The topological polar surface area (TPSA) is 74.6 Å². The number of halogens is 2. The molecule has 2 unspecified atom stereocenters. The van der Waals surface area contributed by atoms with E-state index < -0.39 is 20.8 Å². The molecule has 0 aliphatic heterocycles. The van der Waals surface area contributed by atoms with E-state index in [0.717, 1.165) is 0 Å². The summed E-state index contributed by atoms with van der Waals surface area (Å²) in [5, 5.41) is 18.1. The summed E-state index contributed by atoms with van der Waals surface area (Å²) in [4.78, 5) is 22.2. The Morgan fingerprint density at radius 3 is 2.40 bits per heavy atom. The molecule has 6 heteroatoms. The van der Waals surface area contributed by atoms with Crippen molar-refractivity contribution in [1.29, 1.82) is 0 Å². The molecule has 1 rings (SSSR count).